The Balaban J connectivity index is 2.42. The first-order chi connectivity index (χ1) is 2.50. The van der Waals surface area contributed by atoms with Gasteiger partial charge in [0.05, 0.1) is 6.54 Å². The molecule has 0 aliphatic carbocycles. The second-order valence-corrected chi connectivity index (χ2v) is 0.920. The lowest BCUT2D eigenvalue weighted by Gasteiger charge is -1.70. The average molecular weight is 66.1 g/mol. The molecular formula is C4H4N. The van der Waals surface area contributed by atoms with E-state index >= 15 is 0 Å². The van der Waals surface area contributed by atoms with Crippen LogP contribution in [0.4, 0.5) is 0 Å². The van der Waals surface area contributed by atoms with E-state index in [1.165, 1.54) is 0 Å². The van der Waals surface area contributed by atoms with Crippen molar-refractivity contribution >= 4 is 0 Å². The molecule has 0 saturated carbocycles. The van der Waals surface area contributed by atoms with Crippen LogP contribution in [0.1, 0.15) is 6.42 Å². The van der Waals surface area contributed by atoms with Crippen LogP contribution in [0, 0.1) is 12.0 Å². The summed E-state index contributed by atoms with van der Waals surface area (Å²) in [4.78, 5) is 0. The van der Waals surface area contributed by atoms with Crippen LogP contribution in [-0.4, -0.2) is 6.54 Å². The highest BCUT2D eigenvalue weighted by molar-refractivity contribution is 5.02. The third kappa shape index (κ3) is 0.327. The first kappa shape index (κ1) is 2.59. The number of hydrogen-bond donors (Lipinski definition) is 0. The zero-order chi connectivity index (χ0) is 3.54. The zero-order valence-electron chi connectivity index (χ0n) is 2.86. The van der Waals surface area contributed by atoms with Crippen molar-refractivity contribution in [2.45, 2.75) is 6.42 Å². The smallest absolute Gasteiger partial charge is 0.0600 e. The van der Waals surface area contributed by atoms with E-state index < -0.39 is 0 Å². The normalized spacial score (nSPS) is 16.0. The molecule has 0 unspecified atom stereocenters. The van der Waals surface area contributed by atoms with Gasteiger partial charge in [-0.2, -0.15) is 0 Å². The van der Waals surface area contributed by atoms with E-state index in [9.17, 15) is 0 Å². The van der Waals surface area contributed by atoms with E-state index in [-0.39, 0.29) is 0 Å². The minimum Gasteiger partial charge on any atom is -0.235 e. The molecule has 0 N–H and O–H groups in total. The Morgan fingerprint density at radius 1 is 1.60 bits per heavy atom. The Hall–Kier alpha value is -0.640. The fraction of sp³-hybridized carbons (Fsp3) is 0.500. The van der Waals surface area contributed by atoms with Gasteiger partial charge in [0.15, 0.2) is 0 Å². The summed E-state index contributed by atoms with van der Waals surface area (Å²) in [6.45, 7) is 0.903. The maximum Gasteiger partial charge on any atom is 0.0600 e. The molecule has 1 nitrogen and oxygen atoms in total. The van der Waals surface area contributed by atoms with Gasteiger partial charge in [-0.3, -0.25) is 0 Å². The molecule has 0 aromatic heterocycles. The molecule has 0 fully saturated rings. The number of hydrogen-bond acceptors (Lipinski definition) is 0. The highest BCUT2D eigenvalue weighted by atomic mass is 14.8. The average Bonchev–Trinajstić information content (AvgIpc) is 1.76. The van der Waals surface area contributed by atoms with Crippen LogP contribution in [0.25, 0.3) is 0 Å². The van der Waals surface area contributed by atoms with E-state index in [2.05, 4.69) is 17.3 Å². The Bertz CT molecular complexity index is 67.4. The van der Waals surface area contributed by atoms with Gasteiger partial charge in [0.2, 0.25) is 0 Å². The quantitative estimate of drug-likeness (QED) is 0.352. The standard InChI is InChI=1S/C4H4N/c1-2-4-5-3-1/h1,3H2. The fourth-order valence-corrected chi connectivity index (χ4v) is 0.280. The topological polar surface area (TPSA) is 14.1 Å². The summed E-state index contributed by atoms with van der Waals surface area (Å²) >= 11 is 0. The van der Waals surface area contributed by atoms with Crippen molar-refractivity contribution in [1.29, 1.82) is 0 Å². The van der Waals surface area contributed by atoms with Gasteiger partial charge < -0.3 is 0 Å². The second-order valence-electron chi connectivity index (χ2n) is 0.920. The number of rotatable bonds is 0. The molecule has 0 aromatic rings. The monoisotopic (exact) mass is 66.0 g/mol. The van der Waals surface area contributed by atoms with Crippen LogP contribution >= 0.6 is 0 Å². The van der Waals surface area contributed by atoms with Crippen molar-refractivity contribution in [3.8, 4) is 12.0 Å². The summed E-state index contributed by atoms with van der Waals surface area (Å²) in [5.74, 6) is 2.81. The molecule has 0 saturated heterocycles. The number of nitrogens with zero attached hydrogens (tertiary/aromatic N) is 1. The minimum absolute atomic E-state index is 0.903. The minimum atomic E-state index is 0.903. The van der Waals surface area contributed by atoms with Crippen molar-refractivity contribution in [3.05, 3.63) is 0 Å². The van der Waals surface area contributed by atoms with E-state index in [1.807, 2.05) is 0 Å². The second kappa shape index (κ2) is 0.984. The lowest BCUT2D eigenvalue weighted by atomic mass is 10.5. The Morgan fingerprint density at radius 3 is 2.80 bits per heavy atom. The van der Waals surface area contributed by atoms with E-state index in [0.717, 1.165) is 13.0 Å². The van der Waals surface area contributed by atoms with Gasteiger partial charge in [-0.1, -0.05) is 5.92 Å². The maximum atomic E-state index is 3.72. The van der Waals surface area contributed by atoms with Gasteiger partial charge in [0, 0.05) is 12.5 Å². The van der Waals surface area contributed by atoms with Gasteiger partial charge in [-0.25, -0.2) is 5.32 Å². The van der Waals surface area contributed by atoms with Crippen molar-refractivity contribution < 1.29 is 0 Å². The van der Waals surface area contributed by atoms with Crippen LogP contribution in [0.15, 0.2) is 0 Å². The van der Waals surface area contributed by atoms with Crippen molar-refractivity contribution in [2.24, 2.45) is 0 Å². The molecule has 1 rings (SSSR count). The van der Waals surface area contributed by atoms with Gasteiger partial charge >= 0.3 is 0 Å². The van der Waals surface area contributed by atoms with E-state index in [1.54, 1.807) is 0 Å². The summed E-state index contributed by atoms with van der Waals surface area (Å²) in [6, 6.07) is 2.60. The molecule has 5 heavy (non-hydrogen) atoms. The van der Waals surface area contributed by atoms with Crippen LogP contribution in [0.5, 0.6) is 0 Å². The first-order valence-corrected chi connectivity index (χ1v) is 1.64. The van der Waals surface area contributed by atoms with Crippen LogP contribution in [0.2, 0.25) is 0 Å². The molecule has 0 atom stereocenters. The summed E-state index contributed by atoms with van der Waals surface area (Å²) in [7, 11) is 0. The third-order valence-corrected chi connectivity index (χ3v) is 0.507. The van der Waals surface area contributed by atoms with Crippen molar-refractivity contribution in [2.75, 3.05) is 6.54 Å². The Morgan fingerprint density at radius 2 is 2.60 bits per heavy atom. The molecule has 0 spiro atoms. The van der Waals surface area contributed by atoms with E-state index in [0.29, 0.717) is 0 Å². The van der Waals surface area contributed by atoms with Gasteiger partial charge in [-0.05, 0) is 0 Å². The molecule has 0 aromatic carbocycles. The molecule has 1 heteroatoms. The lowest BCUT2D eigenvalue weighted by molar-refractivity contribution is 0.915. The highest BCUT2D eigenvalue weighted by Crippen LogP contribution is 1.76. The molecule has 25 valence electrons. The Kier molecular flexibility index (Phi) is 0.510. The molecule has 1 radical (unpaired) electrons. The highest BCUT2D eigenvalue weighted by Gasteiger charge is 1.83. The predicted octanol–water partition coefficient (Wildman–Crippen LogP) is -0.0446. The molecule has 1 aliphatic rings. The van der Waals surface area contributed by atoms with Gasteiger partial charge in [0.1, 0.15) is 0 Å². The maximum absolute atomic E-state index is 3.72. The molecule has 0 bridgehead atoms. The zero-order valence-corrected chi connectivity index (χ0v) is 2.86. The first-order valence-electron chi connectivity index (χ1n) is 1.64. The van der Waals surface area contributed by atoms with Crippen LogP contribution < -0.4 is 5.32 Å². The SMILES string of the molecule is C1#C[N]CC1. The molecule has 1 heterocycles. The molecule has 0 amide bonds. The summed E-state index contributed by atoms with van der Waals surface area (Å²) < 4.78 is 0. The largest absolute Gasteiger partial charge is 0.235 e. The Labute approximate surface area is 31.4 Å². The molecular weight excluding hydrogens is 62.1 g/mol. The predicted molar refractivity (Wildman–Crippen MR) is 19.4 cm³/mol. The third-order valence-electron chi connectivity index (χ3n) is 0.507. The summed E-state index contributed by atoms with van der Waals surface area (Å²) in [5.41, 5.74) is 0. The summed E-state index contributed by atoms with van der Waals surface area (Å²) in [6.07, 6.45) is 0.972. The van der Waals surface area contributed by atoms with Crippen molar-refractivity contribution in [3.63, 3.8) is 0 Å². The van der Waals surface area contributed by atoms with E-state index in [4.69, 9.17) is 0 Å². The van der Waals surface area contributed by atoms with Gasteiger partial charge in [0.25, 0.3) is 0 Å². The van der Waals surface area contributed by atoms with Gasteiger partial charge in [-0.15, -0.1) is 0 Å². The van der Waals surface area contributed by atoms with Crippen LogP contribution in [-0.2, 0) is 0 Å². The van der Waals surface area contributed by atoms with Crippen molar-refractivity contribution in [1.82, 2.24) is 5.32 Å². The fourth-order valence-electron chi connectivity index (χ4n) is 0.280. The summed E-state index contributed by atoms with van der Waals surface area (Å²) in [5, 5.41) is 3.72. The van der Waals surface area contributed by atoms with Crippen LogP contribution in [0.3, 0.4) is 0 Å². The lowest BCUT2D eigenvalue weighted by Crippen LogP contribution is -1.88. The molecule has 1 aliphatic heterocycles.